The minimum absolute atomic E-state index is 0.137. The number of esters is 1. The lowest BCUT2D eigenvalue weighted by Crippen LogP contribution is -2.10. The maximum Gasteiger partial charge on any atom is 0.341 e. The molecule has 1 aromatic carbocycles. The van der Waals surface area contributed by atoms with E-state index in [0.29, 0.717) is 13.2 Å². The normalized spacial score (nSPS) is 9.40. The average molecular weight is 272 g/mol. The fraction of sp³-hybridized carbons (Fsp3) is 0.400. The average Bonchev–Trinajstić information content (AvgIpc) is 2.47. The van der Waals surface area contributed by atoms with Gasteiger partial charge in [0.05, 0.1) is 24.3 Å². The molecular weight excluding hydrogens is 256 g/mol. The Balaban J connectivity index is 3.13. The summed E-state index contributed by atoms with van der Waals surface area (Å²) < 4.78 is 10.5. The number of hydrogen-bond donors (Lipinski definition) is 0. The van der Waals surface area contributed by atoms with Crippen LogP contribution in [0.5, 0.6) is 5.75 Å². The van der Waals surface area contributed by atoms with Crippen molar-refractivity contribution in [2.24, 2.45) is 0 Å². The van der Waals surface area contributed by atoms with Crippen LogP contribution in [0.15, 0.2) is 12.1 Å². The molecule has 0 unspecified atom stereocenters. The summed E-state index contributed by atoms with van der Waals surface area (Å²) >= 11 is 0. The zero-order valence-electron chi connectivity index (χ0n) is 11.6. The molecule has 0 radical (unpaired) electrons. The molecule has 0 saturated heterocycles. The summed E-state index contributed by atoms with van der Waals surface area (Å²) in [7, 11) is 0. The molecule has 5 heteroatoms. The predicted molar refractivity (Wildman–Crippen MR) is 72.2 cm³/mol. The van der Waals surface area contributed by atoms with Crippen LogP contribution in [0.1, 0.15) is 48.2 Å². The smallest absolute Gasteiger partial charge is 0.341 e. The topological polar surface area (TPSA) is 83.1 Å². The number of nitriles is 2. The van der Waals surface area contributed by atoms with Crippen LogP contribution in [0.4, 0.5) is 0 Å². The van der Waals surface area contributed by atoms with Crippen molar-refractivity contribution < 1.29 is 14.3 Å². The van der Waals surface area contributed by atoms with E-state index in [9.17, 15) is 4.79 Å². The van der Waals surface area contributed by atoms with Gasteiger partial charge in [-0.05, 0) is 19.4 Å². The van der Waals surface area contributed by atoms with Crippen molar-refractivity contribution in [1.29, 1.82) is 10.5 Å². The van der Waals surface area contributed by atoms with Crippen molar-refractivity contribution in [2.45, 2.75) is 26.7 Å². The van der Waals surface area contributed by atoms with Gasteiger partial charge in [-0.15, -0.1) is 0 Å². The summed E-state index contributed by atoms with van der Waals surface area (Å²) in [5.74, 6) is -0.271. The number of nitrogens with zero attached hydrogens (tertiary/aromatic N) is 2. The molecule has 1 rings (SSSR count). The van der Waals surface area contributed by atoms with Gasteiger partial charge in [0.15, 0.2) is 0 Å². The van der Waals surface area contributed by atoms with Crippen LogP contribution < -0.4 is 4.74 Å². The molecule has 0 atom stereocenters. The van der Waals surface area contributed by atoms with E-state index in [2.05, 4.69) is 0 Å². The first-order valence-electron chi connectivity index (χ1n) is 6.46. The summed E-state index contributed by atoms with van der Waals surface area (Å²) in [6.07, 6.45) is 1.69. The minimum atomic E-state index is -0.539. The first kappa shape index (κ1) is 15.5. The standard InChI is InChI=1S/C15H16N2O3/c1-3-5-6-20-15(18)13-7-11(9-16)12(10-17)8-14(13)19-4-2/h7-8H,3-6H2,1-2H3. The van der Waals surface area contributed by atoms with Gasteiger partial charge in [0, 0.05) is 6.07 Å². The number of ether oxygens (including phenoxy) is 2. The van der Waals surface area contributed by atoms with E-state index >= 15 is 0 Å². The SMILES string of the molecule is CCCCOC(=O)c1cc(C#N)c(C#N)cc1OCC. The molecule has 0 saturated carbocycles. The minimum Gasteiger partial charge on any atom is -0.493 e. The lowest BCUT2D eigenvalue weighted by Gasteiger charge is -2.11. The molecule has 0 amide bonds. The van der Waals surface area contributed by atoms with E-state index in [1.54, 1.807) is 6.92 Å². The van der Waals surface area contributed by atoms with Crippen molar-refractivity contribution in [2.75, 3.05) is 13.2 Å². The van der Waals surface area contributed by atoms with Gasteiger partial charge in [-0.3, -0.25) is 0 Å². The Morgan fingerprint density at radius 2 is 1.85 bits per heavy atom. The van der Waals surface area contributed by atoms with Gasteiger partial charge >= 0.3 is 5.97 Å². The van der Waals surface area contributed by atoms with E-state index in [1.807, 2.05) is 19.1 Å². The second-order valence-electron chi connectivity index (χ2n) is 4.04. The first-order chi connectivity index (χ1) is 9.67. The number of hydrogen-bond acceptors (Lipinski definition) is 5. The summed E-state index contributed by atoms with van der Waals surface area (Å²) in [6, 6.07) is 6.55. The molecule has 0 N–H and O–H groups in total. The van der Waals surface area contributed by atoms with Crippen LogP contribution in [0.25, 0.3) is 0 Å². The van der Waals surface area contributed by atoms with Gasteiger partial charge < -0.3 is 9.47 Å². The van der Waals surface area contributed by atoms with E-state index in [4.69, 9.17) is 20.0 Å². The number of benzene rings is 1. The van der Waals surface area contributed by atoms with Crippen LogP contribution in [-0.2, 0) is 4.74 Å². The maximum atomic E-state index is 12.0. The zero-order chi connectivity index (χ0) is 15.0. The van der Waals surface area contributed by atoms with Crippen LogP contribution in [-0.4, -0.2) is 19.2 Å². The van der Waals surface area contributed by atoms with Crippen LogP contribution in [0.2, 0.25) is 0 Å². The Morgan fingerprint density at radius 3 is 2.40 bits per heavy atom. The van der Waals surface area contributed by atoms with E-state index < -0.39 is 5.97 Å². The van der Waals surface area contributed by atoms with Gasteiger partial charge in [0.2, 0.25) is 0 Å². The van der Waals surface area contributed by atoms with E-state index in [1.165, 1.54) is 12.1 Å². The number of unbranched alkanes of at least 4 members (excludes halogenated alkanes) is 1. The molecule has 0 aliphatic carbocycles. The van der Waals surface area contributed by atoms with Crippen molar-refractivity contribution >= 4 is 5.97 Å². The largest absolute Gasteiger partial charge is 0.493 e. The molecule has 20 heavy (non-hydrogen) atoms. The molecule has 5 nitrogen and oxygen atoms in total. The summed E-state index contributed by atoms with van der Waals surface area (Å²) in [5.41, 5.74) is 0.498. The monoisotopic (exact) mass is 272 g/mol. The maximum absolute atomic E-state index is 12.0. The Hall–Kier alpha value is -2.53. The summed E-state index contributed by atoms with van der Waals surface area (Å²) in [5, 5.41) is 18.0. The highest BCUT2D eigenvalue weighted by atomic mass is 16.5. The number of carbonyl (C=O) groups excluding carboxylic acids is 1. The van der Waals surface area contributed by atoms with Crippen LogP contribution in [0, 0.1) is 22.7 Å². The lowest BCUT2D eigenvalue weighted by atomic mass is 10.0. The van der Waals surface area contributed by atoms with Gasteiger partial charge in [-0.25, -0.2) is 4.79 Å². The predicted octanol–water partition coefficient (Wildman–Crippen LogP) is 2.79. The number of carbonyl (C=O) groups is 1. The van der Waals surface area contributed by atoms with Gasteiger partial charge in [0.25, 0.3) is 0 Å². The van der Waals surface area contributed by atoms with E-state index in [-0.39, 0.29) is 22.4 Å². The molecule has 1 aromatic rings. The lowest BCUT2D eigenvalue weighted by molar-refractivity contribution is 0.0495. The molecule has 0 fully saturated rings. The van der Waals surface area contributed by atoms with Crippen LogP contribution in [0.3, 0.4) is 0 Å². The van der Waals surface area contributed by atoms with Gasteiger partial charge in [0.1, 0.15) is 23.5 Å². The Morgan fingerprint density at radius 1 is 1.20 bits per heavy atom. The molecule has 0 spiro atoms. The zero-order valence-corrected chi connectivity index (χ0v) is 11.6. The molecule has 0 aromatic heterocycles. The number of rotatable bonds is 6. The van der Waals surface area contributed by atoms with Gasteiger partial charge in [-0.1, -0.05) is 13.3 Å². The molecule has 0 bridgehead atoms. The van der Waals surface area contributed by atoms with Crippen molar-refractivity contribution in [1.82, 2.24) is 0 Å². The Kier molecular flexibility index (Phi) is 6.06. The highest BCUT2D eigenvalue weighted by molar-refractivity contribution is 5.93. The molecular formula is C15H16N2O3. The summed E-state index contributed by atoms with van der Waals surface area (Å²) in [6.45, 7) is 4.44. The fourth-order valence-corrected chi connectivity index (χ4v) is 1.59. The highest BCUT2D eigenvalue weighted by Crippen LogP contribution is 2.24. The second kappa shape index (κ2) is 7.81. The molecule has 104 valence electrons. The molecule has 0 aliphatic heterocycles. The van der Waals surface area contributed by atoms with Crippen molar-refractivity contribution in [3.63, 3.8) is 0 Å². The quantitative estimate of drug-likeness (QED) is 0.587. The Labute approximate surface area is 118 Å². The second-order valence-corrected chi connectivity index (χ2v) is 4.04. The van der Waals surface area contributed by atoms with Crippen molar-refractivity contribution in [3.8, 4) is 17.9 Å². The van der Waals surface area contributed by atoms with E-state index in [0.717, 1.165) is 12.8 Å². The van der Waals surface area contributed by atoms with Crippen molar-refractivity contribution in [3.05, 3.63) is 28.8 Å². The van der Waals surface area contributed by atoms with Crippen LogP contribution >= 0.6 is 0 Å². The third kappa shape index (κ3) is 3.73. The van der Waals surface area contributed by atoms with Gasteiger partial charge in [-0.2, -0.15) is 10.5 Å². The Bertz CT molecular complexity index is 568. The first-order valence-corrected chi connectivity index (χ1v) is 6.46. The summed E-state index contributed by atoms with van der Waals surface area (Å²) in [4.78, 5) is 12.0. The third-order valence-corrected chi connectivity index (χ3v) is 2.61. The highest BCUT2D eigenvalue weighted by Gasteiger charge is 2.18. The molecule has 0 aliphatic rings. The fourth-order valence-electron chi connectivity index (χ4n) is 1.59. The third-order valence-electron chi connectivity index (χ3n) is 2.61. The molecule has 0 heterocycles.